The average Bonchev–Trinajstić information content (AvgIpc) is 3.06. The van der Waals surface area contributed by atoms with E-state index in [9.17, 15) is 5.21 Å². The van der Waals surface area contributed by atoms with Crippen molar-refractivity contribution < 1.29 is 9.73 Å². The van der Waals surface area contributed by atoms with E-state index in [0.29, 0.717) is 16.8 Å². The Morgan fingerprint density at radius 2 is 2.00 bits per heavy atom. The van der Waals surface area contributed by atoms with Gasteiger partial charge in [0.1, 0.15) is 0 Å². The Bertz CT molecular complexity index is 597. The fraction of sp³-hybridized carbons (Fsp3) is 0.400. The maximum absolute atomic E-state index is 9.17. The van der Waals surface area contributed by atoms with Crippen LogP contribution in [0.3, 0.4) is 0 Å². The standard InChI is InChI=1S/C15H20N4O2S/c1-3-19(4-2)10-11-22-15(17-20)13-16-14(21-18-13)12-8-6-5-7-9-12/h5-9,20H,3-4,10-11H2,1-2H3/b17-15-. The van der Waals surface area contributed by atoms with Crippen LogP contribution in [-0.4, -0.2) is 50.7 Å². The Labute approximate surface area is 134 Å². The van der Waals surface area contributed by atoms with Crippen molar-refractivity contribution in [3.8, 4) is 11.5 Å². The molecule has 0 saturated carbocycles. The molecule has 0 bridgehead atoms. The number of aromatic nitrogens is 2. The molecule has 0 spiro atoms. The number of hydrogen-bond acceptors (Lipinski definition) is 7. The van der Waals surface area contributed by atoms with Gasteiger partial charge in [0, 0.05) is 17.9 Å². The zero-order valence-corrected chi connectivity index (χ0v) is 13.6. The van der Waals surface area contributed by atoms with Crippen molar-refractivity contribution in [1.82, 2.24) is 15.0 Å². The summed E-state index contributed by atoms with van der Waals surface area (Å²) in [5.41, 5.74) is 0.840. The summed E-state index contributed by atoms with van der Waals surface area (Å²) < 4.78 is 5.23. The van der Waals surface area contributed by atoms with Crippen molar-refractivity contribution in [3.63, 3.8) is 0 Å². The maximum Gasteiger partial charge on any atom is 0.258 e. The number of nitrogens with zero attached hydrogens (tertiary/aromatic N) is 4. The lowest BCUT2D eigenvalue weighted by atomic mass is 10.2. The van der Waals surface area contributed by atoms with Gasteiger partial charge in [0.05, 0.1) is 0 Å². The third kappa shape index (κ3) is 4.32. The van der Waals surface area contributed by atoms with E-state index in [1.165, 1.54) is 11.8 Å². The number of benzene rings is 1. The number of oxime groups is 1. The van der Waals surface area contributed by atoms with E-state index in [-0.39, 0.29) is 0 Å². The van der Waals surface area contributed by atoms with Gasteiger partial charge in [-0.1, -0.05) is 54.1 Å². The van der Waals surface area contributed by atoms with Crippen LogP contribution < -0.4 is 0 Å². The second kappa shape index (κ2) is 8.55. The molecule has 0 atom stereocenters. The summed E-state index contributed by atoms with van der Waals surface area (Å²) in [4.78, 5) is 6.59. The molecule has 1 N–H and O–H groups in total. The lowest BCUT2D eigenvalue weighted by molar-refractivity contribution is 0.319. The van der Waals surface area contributed by atoms with Crippen LogP contribution in [0.4, 0.5) is 0 Å². The van der Waals surface area contributed by atoms with Gasteiger partial charge in [0.25, 0.3) is 5.89 Å². The van der Waals surface area contributed by atoms with Crippen LogP contribution >= 0.6 is 11.8 Å². The number of rotatable bonds is 7. The number of hydrogen-bond donors (Lipinski definition) is 1. The molecule has 0 fully saturated rings. The molecule has 6 nitrogen and oxygen atoms in total. The summed E-state index contributed by atoms with van der Waals surface area (Å²) in [6, 6.07) is 9.50. The molecular formula is C15H20N4O2S. The highest BCUT2D eigenvalue weighted by Crippen LogP contribution is 2.18. The molecule has 0 saturated heterocycles. The third-order valence-electron chi connectivity index (χ3n) is 3.27. The zero-order valence-electron chi connectivity index (χ0n) is 12.8. The Hall–Kier alpha value is -1.86. The highest BCUT2D eigenvalue weighted by atomic mass is 32.2. The average molecular weight is 320 g/mol. The summed E-state index contributed by atoms with van der Waals surface area (Å²) in [6.45, 7) is 7.17. The molecule has 0 aliphatic rings. The molecule has 0 amide bonds. The quantitative estimate of drug-likeness (QED) is 0.366. The van der Waals surface area contributed by atoms with Gasteiger partial charge >= 0.3 is 0 Å². The summed E-state index contributed by atoms with van der Waals surface area (Å²) in [7, 11) is 0. The zero-order chi connectivity index (χ0) is 15.8. The van der Waals surface area contributed by atoms with Crippen LogP contribution in [0.1, 0.15) is 19.7 Å². The molecule has 2 rings (SSSR count). The maximum atomic E-state index is 9.17. The van der Waals surface area contributed by atoms with E-state index in [0.717, 1.165) is 31.0 Å². The van der Waals surface area contributed by atoms with Crippen molar-refractivity contribution in [2.24, 2.45) is 5.16 Å². The van der Waals surface area contributed by atoms with E-state index in [4.69, 9.17) is 4.52 Å². The van der Waals surface area contributed by atoms with Crippen molar-refractivity contribution in [1.29, 1.82) is 0 Å². The van der Waals surface area contributed by atoms with Gasteiger partial charge in [-0.05, 0) is 25.2 Å². The largest absolute Gasteiger partial charge is 0.410 e. The van der Waals surface area contributed by atoms with Gasteiger partial charge in [-0.2, -0.15) is 4.98 Å². The summed E-state index contributed by atoms with van der Waals surface area (Å²) >= 11 is 1.42. The van der Waals surface area contributed by atoms with Crippen molar-refractivity contribution in [2.75, 3.05) is 25.4 Å². The molecule has 0 aliphatic carbocycles. The molecule has 0 aliphatic heterocycles. The highest BCUT2D eigenvalue weighted by Gasteiger charge is 2.15. The Morgan fingerprint density at radius 1 is 1.27 bits per heavy atom. The van der Waals surface area contributed by atoms with Crippen LogP contribution in [0, 0.1) is 0 Å². The first-order valence-corrected chi connectivity index (χ1v) is 8.23. The molecule has 1 aromatic heterocycles. The fourth-order valence-corrected chi connectivity index (χ4v) is 2.77. The topological polar surface area (TPSA) is 74.8 Å². The van der Waals surface area contributed by atoms with E-state index in [2.05, 4.69) is 34.0 Å². The van der Waals surface area contributed by atoms with Gasteiger partial charge < -0.3 is 14.6 Å². The molecule has 0 unspecified atom stereocenters. The fourth-order valence-electron chi connectivity index (χ4n) is 1.96. The first-order valence-electron chi connectivity index (χ1n) is 7.25. The highest BCUT2D eigenvalue weighted by molar-refractivity contribution is 8.14. The number of thioether (sulfide) groups is 1. The third-order valence-corrected chi connectivity index (χ3v) is 4.19. The van der Waals surface area contributed by atoms with Crippen LogP contribution in [-0.2, 0) is 0 Å². The van der Waals surface area contributed by atoms with Gasteiger partial charge in [0.15, 0.2) is 5.04 Å². The molecule has 1 aromatic carbocycles. The molecule has 2 aromatic rings. The summed E-state index contributed by atoms with van der Waals surface area (Å²) in [6.07, 6.45) is 0. The van der Waals surface area contributed by atoms with Crippen LogP contribution in [0.15, 0.2) is 40.0 Å². The smallest absolute Gasteiger partial charge is 0.258 e. The molecule has 1 heterocycles. The Kier molecular flexibility index (Phi) is 6.42. The van der Waals surface area contributed by atoms with E-state index in [1.54, 1.807) is 0 Å². The Balaban J connectivity index is 1.99. The minimum absolute atomic E-state index is 0.311. The normalized spacial score (nSPS) is 12.0. The monoisotopic (exact) mass is 320 g/mol. The Morgan fingerprint density at radius 3 is 2.64 bits per heavy atom. The molecule has 0 radical (unpaired) electrons. The van der Waals surface area contributed by atoms with Crippen LogP contribution in [0.25, 0.3) is 11.5 Å². The van der Waals surface area contributed by atoms with E-state index in [1.807, 2.05) is 30.3 Å². The van der Waals surface area contributed by atoms with E-state index < -0.39 is 0 Å². The second-order valence-electron chi connectivity index (χ2n) is 4.57. The van der Waals surface area contributed by atoms with Crippen molar-refractivity contribution >= 4 is 16.8 Å². The van der Waals surface area contributed by atoms with Crippen LogP contribution in [0.2, 0.25) is 0 Å². The minimum Gasteiger partial charge on any atom is -0.410 e. The molecule has 22 heavy (non-hydrogen) atoms. The summed E-state index contributed by atoms with van der Waals surface area (Å²) in [5, 5.41) is 16.7. The second-order valence-corrected chi connectivity index (χ2v) is 5.65. The van der Waals surface area contributed by atoms with E-state index >= 15 is 0 Å². The summed E-state index contributed by atoms with van der Waals surface area (Å²) in [5.74, 6) is 1.53. The van der Waals surface area contributed by atoms with Gasteiger partial charge in [-0.3, -0.25) is 0 Å². The molecule has 118 valence electrons. The molecule has 7 heteroatoms. The van der Waals surface area contributed by atoms with Crippen LogP contribution in [0.5, 0.6) is 0 Å². The van der Waals surface area contributed by atoms with Gasteiger partial charge in [-0.15, -0.1) is 0 Å². The molecular weight excluding hydrogens is 300 g/mol. The lowest BCUT2D eigenvalue weighted by Gasteiger charge is -2.16. The minimum atomic E-state index is 0.311. The lowest BCUT2D eigenvalue weighted by Crippen LogP contribution is -2.25. The van der Waals surface area contributed by atoms with Crippen molar-refractivity contribution in [2.45, 2.75) is 13.8 Å². The predicted molar refractivity (Wildman–Crippen MR) is 88.3 cm³/mol. The SMILES string of the molecule is CCN(CC)CCS/C(=N\O)c1noc(-c2ccccc2)n1. The predicted octanol–water partition coefficient (Wildman–Crippen LogP) is 2.95. The van der Waals surface area contributed by atoms with Gasteiger partial charge in [-0.25, -0.2) is 0 Å². The first-order chi connectivity index (χ1) is 10.8. The first kappa shape index (κ1) is 16.5. The van der Waals surface area contributed by atoms with Crippen molar-refractivity contribution in [3.05, 3.63) is 36.2 Å². The van der Waals surface area contributed by atoms with Gasteiger partial charge in [0.2, 0.25) is 5.82 Å².